The molecule has 12 nitrogen and oxygen atoms in total. The van der Waals surface area contributed by atoms with Crippen molar-refractivity contribution < 1.29 is 23.8 Å². The molecule has 0 spiro atoms. The minimum atomic E-state index is -0.318. The number of fused-ring (bicyclic) bond motifs is 1. The van der Waals surface area contributed by atoms with Crippen LogP contribution < -0.4 is 19.7 Å². The van der Waals surface area contributed by atoms with E-state index in [4.69, 9.17) is 30.8 Å². The molecule has 13 heteroatoms. The molecule has 5 heterocycles. The summed E-state index contributed by atoms with van der Waals surface area (Å²) in [5, 5.41) is 3.29. The maximum absolute atomic E-state index is 13.2. The van der Waals surface area contributed by atoms with Crippen LogP contribution in [0.4, 0.5) is 5.82 Å². The van der Waals surface area contributed by atoms with Gasteiger partial charge in [0, 0.05) is 57.7 Å². The fourth-order valence-electron chi connectivity index (χ4n) is 5.24. The Bertz CT molecular complexity index is 1370. The highest BCUT2D eigenvalue weighted by atomic mass is 35.5. The third-order valence-electron chi connectivity index (χ3n) is 7.29. The lowest BCUT2D eigenvalue weighted by molar-refractivity contribution is -0.137. The minimum absolute atomic E-state index is 0.0682. The third-order valence-corrected chi connectivity index (χ3v) is 7.48. The Kier molecular flexibility index (Phi) is 7.69. The van der Waals surface area contributed by atoms with E-state index < -0.39 is 0 Å². The number of rotatable bonds is 7. The maximum atomic E-state index is 13.2. The number of anilines is 1. The number of hydrogen-bond acceptors (Lipinski definition) is 9. The van der Waals surface area contributed by atoms with Crippen molar-refractivity contribution in [3.05, 3.63) is 53.7 Å². The predicted octanol–water partition coefficient (Wildman–Crippen LogP) is 1.85. The van der Waals surface area contributed by atoms with Crippen LogP contribution in [-0.4, -0.2) is 88.3 Å². The van der Waals surface area contributed by atoms with Crippen molar-refractivity contribution in [1.29, 1.82) is 0 Å². The van der Waals surface area contributed by atoms with E-state index in [1.807, 2.05) is 28.0 Å². The van der Waals surface area contributed by atoms with Gasteiger partial charge >= 0.3 is 0 Å². The zero-order chi connectivity index (χ0) is 27.5. The summed E-state index contributed by atoms with van der Waals surface area (Å²) in [7, 11) is 0. The van der Waals surface area contributed by atoms with Crippen LogP contribution in [0, 0.1) is 5.92 Å². The second kappa shape index (κ2) is 11.7. The number of benzene rings is 1. The second-order valence-electron chi connectivity index (χ2n) is 9.97. The monoisotopic (exact) mass is 567 g/mol. The molecular formula is C27H30ClN7O5. The van der Waals surface area contributed by atoms with E-state index in [-0.39, 0.29) is 35.3 Å². The molecule has 0 saturated carbocycles. The van der Waals surface area contributed by atoms with Crippen LogP contribution >= 0.6 is 11.6 Å². The molecule has 2 atom stereocenters. The van der Waals surface area contributed by atoms with E-state index in [9.17, 15) is 9.59 Å². The Morgan fingerprint density at radius 3 is 2.75 bits per heavy atom. The Morgan fingerprint density at radius 1 is 1.07 bits per heavy atom. The smallest absolute Gasteiger partial charge is 0.238 e. The number of ether oxygens (including phenoxy) is 3. The van der Waals surface area contributed by atoms with Crippen molar-refractivity contribution in [1.82, 2.24) is 29.7 Å². The molecule has 0 aliphatic carbocycles. The second-order valence-corrected chi connectivity index (χ2v) is 10.4. The van der Waals surface area contributed by atoms with E-state index in [2.05, 4.69) is 15.3 Å². The van der Waals surface area contributed by atoms with Gasteiger partial charge in [-0.05, 0) is 24.1 Å². The fraction of sp³-hybridized carbons (Fsp3) is 0.444. The molecule has 1 aromatic carbocycles. The first-order chi connectivity index (χ1) is 19.5. The summed E-state index contributed by atoms with van der Waals surface area (Å²) >= 11 is 6.38. The van der Waals surface area contributed by atoms with Gasteiger partial charge in [-0.2, -0.15) is 4.98 Å². The minimum Gasteiger partial charge on any atom is -0.486 e. The number of amides is 2. The van der Waals surface area contributed by atoms with Crippen molar-refractivity contribution in [2.24, 2.45) is 5.92 Å². The molecule has 2 aromatic heterocycles. The van der Waals surface area contributed by atoms with E-state index in [0.29, 0.717) is 75.9 Å². The van der Waals surface area contributed by atoms with Crippen molar-refractivity contribution in [3.8, 4) is 17.4 Å². The molecule has 3 aliphatic rings. The van der Waals surface area contributed by atoms with Crippen molar-refractivity contribution in [2.75, 3.05) is 51.0 Å². The largest absolute Gasteiger partial charge is 0.486 e. The van der Waals surface area contributed by atoms with Crippen LogP contribution in [0.3, 0.4) is 0 Å². The number of piperazine rings is 1. The summed E-state index contributed by atoms with van der Waals surface area (Å²) in [6, 6.07) is 7.01. The normalized spacial score (nSPS) is 20.4. The average Bonchev–Trinajstić information content (AvgIpc) is 3.71. The summed E-state index contributed by atoms with van der Waals surface area (Å²) in [5.41, 5.74) is 0.906. The van der Waals surface area contributed by atoms with E-state index in [1.165, 1.54) is 0 Å². The Hall–Kier alpha value is -3.90. The van der Waals surface area contributed by atoms with Gasteiger partial charge < -0.3 is 29.3 Å². The van der Waals surface area contributed by atoms with Crippen LogP contribution in [-0.2, 0) is 20.9 Å². The first-order valence-corrected chi connectivity index (χ1v) is 13.7. The van der Waals surface area contributed by atoms with E-state index >= 15 is 0 Å². The molecule has 3 aromatic rings. The first-order valence-electron chi connectivity index (χ1n) is 13.3. The predicted molar refractivity (Wildman–Crippen MR) is 145 cm³/mol. The Labute approximate surface area is 236 Å². The molecule has 0 radical (unpaired) electrons. The molecular weight excluding hydrogens is 538 g/mol. The standard InChI is InChI=1S/C27H30ClN7O5/c28-23-13-24(32-27(31-23)34-5-4-29-17-34)35-7-6-33(26(37)19-3-8-38-16-19)15-20(35)12-25(36)30-14-18-1-2-21-22(11-18)40-10-9-39-21/h1-2,4-5,11,13,17,19-20H,3,6-10,12,14-16H2,(H,30,36). The van der Waals surface area contributed by atoms with Gasteiger partial charge in [-0.25, -0.2) is 9.97 Å². The number of aromatic nitrogens is 4. The van der Waals surface area contributed by atoms with Crippen molar-refractivity contribution in [2.45, 2.75) is 25.4 Å². The van der Waals surface area contributed by atoms with Gasteiger partial charge in [-0.15, -0.1) is 0 Å². The molecule has 2 fully saturated rings. The summed E-state index contributed by atoms with van der Waals surface area (Å²) in [5.74, 6) is 2.13. The summed E-state index contributed by atoms with van der Waals surface area (Å²) in [6.07, 6.45) is 5.85. The van der Waals surface area contributed by atoms with Gasteiger partial charge in [-0.3, -0.25) is 14.2 Å². The molecule has 0 bridgehead atoms. The van der Waals surface area contributed by atoms with Gasteiger partial charge in [0.15, 0.2) is 11.5 Å². The van der Waals surface area contributed by atoms with Crippen LogP contribution in [0.2, 0.25) is 5.15 Å². The van der Waals surface area contributed by atoms with Crippen LogP contribution in [0.5, 0.6) is 11.5 Å². The molecule has 6 rings (SSSR count). The third kappa shape index (κ3) is 5.82. The number of carbonyl (C=O) groups is 2. The molecule has 3 aliphatic heterocycles. The highest BCUT2D eigenvalue weighted by Crippen LogP contribution is 2.31. The highest BCUT2D eigenvalue weighted by molar-refractivity contribution is 6.29. The molecule has 2 amide bonds. The average molecular weight is 568 g/mol. The van der Waals surface area contributed by atoms with Crippen molar-refractivity contribution in [3.63, 3.8) is 0 Å². The SMILES string of the molecule is O=C(CC1CN(C(=O)C2CCOC2)CCN1c1cc(Cl)nc(-n2ccnc2)n1)NCc1ccc2c(c1)OCCO2. The number of imidazole rings is 1. The lowest BCUT2D eigenvalue weighted by Crippen LogP contribution is -2.57. The number of halogens is 1. The number of carbonyl (C=O) groups excluding carboxylic acids is 2. The van der Waals surface area contributed by atoms with Gasteiger partial charge in [-0.1, -0.05) is 17.7 Å². The van der Waals surface area contributed by atoms with Gasteiger partial charge in [0.1, 0.15) is 30.5 Å². The summed E-state index contributed by atoms with van der Waals surface area (Å²) < 4.78 is 18.4. The first kappa shape index (κ1) is 26.3. The zero-order valence-corrected chi connectivity index (χ0v) is 22.6. The Balaban J connectivity index is 1.19. The Morgan fingerprint density at radius 2 is 1.95 bits per heavy atom. The van der Waals surface area contributed by atoms with Gasteiger partial charge in [0.05, 0.1) is 18.6 Å². The number of hydrogen-bond donors (Lipinski definition) is 1. The summed E-state index contributed by atoms with van der Waals surface area (Å²) in [4.78, 5) is 43.4. The van der Waals surface area contributed by atoms with Crippen LogP contribution in [0.1, 0.15) is 18.4 Å². The zero-order valence-electron chi connectivity index (χ0n) is 21.9. The van der Waals surface area contributed by atoms with Gasteiger partial charge in [0.2, 0.25) is 17.8 Å². The lowest BCUT2D eigenvalue weighted by atomic mass is 10.0. The van der Waals surface area contributed by atoms with Crippen molar-refractivity contribution >= 4 is 29.2 Å². The van der Waals surface area contributed by atoms with Gasteiger partial charge in [0.25, 0.3) is 0 Å². The lowest BCUT2D eigenvalue weighted by Gasteiger charge is -2.42. The molecule has 2 saturated heterocycles. The number of nitrogens with zero attached hydrogens (tertiary/aromatic N) is 6. The maximum Gasteiger partial charge on any atom is 0.238 e. The van der Waals surface area contributed by atoms with Crippen LogP contribution in [0.15, 0.2) is 43.0 Å². The molecule has 40 heavy (non-hydrogen) atoms. The topological polar surface area (TPSA) is 124 Å². The number of nitrogens with one attached hydrogen (secondary N) is 1. The van der Waals surface area contributed by atoms with E-state index in [0.717, 1.165) is 12.0 Å². The fourth-order valence-corrected chi connectivity index (χ4v) is 5.41. The quantitative estimate of drug-likeness (QED) is 0.426. The molecule has 1 N–H and O–H groups in total. The molecule has 210 valence electrons. The summed E-state index contributed by atoms with van der Waals surface area (Å²) in [6.45, 7) is 3.79. The van der Waals surface area contributed by atoms with Crippen LogP contribution in [0.25, 0.3) is 5.95 Å². The molecule has 2 unspecified atom stereocenters. The van der Waals surface area contributed by atoms with E-state index in [1.54, 1.807) is 29.4 Å². The highest BCUT2D eigenvalue weighted by Gasteiger charge is 2.36.